The molecule has 0 bridgehead atoms. The molecule has 2 aromatic carbocycles. The van der Waals surface area contributed by atoms with Gasteiger partial charge in [0.25, 0.3) is 0 Å². The predicted octanol–water partition coefficient (Wildman–Crippen LogP) is 3.03. The van der Waals surface area contributed by atoms with E-state index in [0.29, 0.717) is 21.7 Å². The lowest BCUT2D eigenvalue weighted by Crippen LogP contribution is -2.52. The molecule has 2 heterocycles. The van der Waals surface area contributed by atoms with Crippen molar-refractivity contribution in [1.82, 2.24) is 4.98 Å². The number of benzene rings is 2. The normalized spacial score (nSPS) is 29.5. The monoisotopic (exact) mass is 462 g/mol. The summed E-state index contributed by atoms with van der Waals surface area (Å²) in [5.74, 6) is -2.50. The van der Waals surface area contributed by atoms with E-state index in [4.69, 9.17) is 21.1 Å². The molecule has 5 atom stereocenters. The van der Waals surface area contributed by atoms with E-state index in [2.05, 4.69) is 11.1 Å². The summed E-state index contributed by atoms with van der Waals surface area (Å²) in [6.07, 6.45) is -0.257. The fraction of sp³-hybridized carbons (Fsp3) is 0.240. The molecule has 0 spiro atoms. The summed E-state index contributed by atoms with van der Waals surface area (Å²) in [4.78, 5) is 17.3. The van der Waals surface area contributed by atoms with Crippen LogP contribution in [0.5, 0.6) is 5.75 Å². The number of carbonyl (C=O) groups excluding carboxylic acids is 1. The van der Waals surface area contributed by atoms with Crippen LogP contribution >= 0.6 is 11.6 Å². The van der Waals surface area contributed by atoms with E-state index in [9.17, 15) is 20.3 Å². The average Bonchev–Trinajstić information content (AvgIpc) is 3.21. The first-order chi connectivity index (χ1) is 15.9. The van der Waals surface area contributed by atoms with Crippen LogP contribution in [0.1, 0.15) is 28.3 Å². The second kappa shape index (κ2) is 7.56. The highest BCUT2D eigenvalue weighted by atomic mass is 35.5. The van der Waals surface area contributed by atoms with Crippen LogP contribution < -0.4 is 4.74 Å². The number of pyridine rings is 1. The van der Waals surface area contributed by atoms with E-state index in [1.165, 1.54) is 19.4 Å². The lowest BCUT2D eigenvalue weighted by Gasteiger charge is -2.40. The summed E-state index contributed by atoms with van der Waals surface area (Å²) < 4.78 is 11.5. The Kier molecular flexibility index (Phi) is 4.91. The smallest absolute Gasteiger partial charge is 0.312 e. The molecule has 7 nitrogen and oxygen atoms in total. The lowest BCUT2D eigenvalue weighted by atomic mass is 9.71. The molecule has 0 saturated heterocycles. The zero-order valence-electron chi connectivity index (χ0n) is 17.5. The highest BCUT2D eigenvalue weighted by molar-refractivity contribution is 6.30. The number of fused-ring (bicyclic) bond motifs is 3. The van der Waals surface area contributed by atoms with Crippen LogP contribution in [0, 0.1) is 17.2 Å². The zero-order chi connectivity index (χ0) is 23.4. The van der Waals surface area contributed by atoms with Crippen LogP contribution in [0.25, 0.3) is 0 Å². The van der Waals surface area contributed by atoms with Gasteiger partial charge in [0.1, 0.15) is 17.5 Å². The zero-order valence-corrected chi connectivity index (χ0v) is 18.2. The van der Waals surface area contributed by atoms with Crippen LogP contribution in [0.2, 0.25) is 5.02 Å². The number of nitriles is 1. The number of halogens is 1. The fourth-order valence-electron chi connectivity index (χ4n) is 5.32. The summed E-state index contributed by atoms with van der Waals surface area (Å²) in [6.45, 7) is 0. The summed E-state index contributed by atoms with van der Waals surface area (Å²) in [7, 11) is 1.23. The van der Waals surface area contributed by atoms with E-state index >= 15 is 0 Å². The Morgan fingerprint density at radius 3 is 2.55 bits per heavy atom. The molecule has 166 valence electrons. The molecular weight excluding hydrogens is 444 g/mol. The van der Waals surface area contributed by atoms with Crippen molar-refractivity contribution in [2.75, 3.05) is 7.11 Å². The number of hydrogen-bond acceptors (Lipinski definition) is 7. The van der Waals surface area contributed by atoms with Crippen molar-refractivity contribution in [3.8, 4) is 11.8 Å². The van der Waals surface area contributed by atoms with Crippen LogP contribution in [0.15, 0.2) is 66.9 Å². The van der Waals surface area contributed by atoms with Crippen LogP contribution in [0.3, 0.4) is 0 Å². The predicted molar refractivity (Wildman–Crippen MR) is 117 cm³/mol. The number of aliphatic hydroxyl groups is 2. The summed E-state index contributed by atoms with van der Waals surface area (Å²) >= 11 is 6.15. The van der Waals surface area contributed by atoms with Gasteiger partial charge in [-0.05, 0) is 23.3 Å². The Morgan fingerprint density at radius 1 is 1.21 bits per heavy atom. The molecule has 0 radical (unpaired) electrons. The van der Waals surface area contributed by atoms with Gasteiger partial charge in [-0.2, -0.15) is 5.26 Å². The van der Waals surface area contributed by atoms with E-state index in [0.717, 1.165) is 0 Å². The van der Waals surface area contributed by atoms with Gasteiger partial charge in [0.2, 0.25) is 0 Å². The highest BCUT2D eigenvalue weighted by Crippen LogP contribution is 2.68. The minimum absolute atomic E-state index is 0.0797. The lowest BCUT2D eigenvalue weighted by molar-refractivity contribution is -0.162. The molecule has 1 saturated carbocycles. The maximum Gasteiger partial charge on any atom is 0.312 e. The minimum Gasteiger partial charge on any atom is -0.476 e. The molecule has 2 N–H and O–H groups in total. The third-order valence-corrected chi connectivity index (χ3v) is 6.86. The topological polar surface area (TPSA) is 113 Å². The molecule has 1 fully saturated rings. The van der Waals surface area contributed by atoms with E-state index in [-0.39, 0.29) is 11.4 Å². The number of hydrogen-bond donors (Lipinski definition) is 2. The van der Waals surface area contributed by atoms with Crippen molar-refractivity contribution in [3.05, 3.63) is 94.3 Å². The van der Waals surface area contributed by atoms with Gasteiger partial charge >= 0.3 is 5.97 Å². The van der Waals surface area contributed by atoms with Crippen molar-refractivity contribution in [2.45, 2.75) is 23.2 Å². The Bertz CT molecular complexity index is 1280. The van der Waals surface area contributed by atoms with Gasteiger partial charge in [-0.25, -0.2) is 0 Å². The minimum atomic E-state index is -2.11. The largest absolute Gasteiger partial charge is 0.476 e. The quantitative estimate of drug-likeness (QED) is 0.575. The first kappa shape index (κ1) is 21.4. The summed E-state index contributed by atoms with van der Waals surface area (Å²) in [5.41, 5.74) is -2.14. The highest BCUT2D eigenvalue weighted by Gasteiger charge is 2.78. The Labute approximate surface area is 194 Å². The van der Waals surface area contributed by atoms with Gasteiger partial charge < -0.3 is 19.7 Å². The van der Waals surface area contributed by atoms with Crippen molar-refractivity contribution in [1.29, 1.82) is 5.26 Å². The third kappa shape index (κ3) is 2.75. The second-order valence-electron chi connectivity index (χ2n) is 8.18. The maximum atomic E-state index is 13.0. The number of aliphatic hydroxyl groups excluding tert-OH is 1. The molecule has 5 rings (SSSR count). The third-order valence-electron chi connectivity index (χ3n) is 6.66. The average molecular weight is 463 g/mol. The standard InChI is InChI=1S/C25H19ClN2O5/c1-32-23(30)19-20(15-5-3-2-4-6-15)25(16-9-7-14(12-27)8-10-16)24(31,22(19)29)21-18(33-25)11-17(26)13-28-21/h2-11,13,19-20,22,29,31H,1H3/t19-,20-,22-,24+,25+/m1/s1. The first-order valence-electron chi connectivity index (χ1n) is 10.3. The molecule has 33 heavy (non-hydrogen) atoms. The van der Waals surface area contributed by atoms with E-state index in [1.807, 2.05) is 6.07 Å². The van der Waals surface area contributed by atoms with Gasteiger partial charge in [0.05, 0.1) is 29.7 Å². The molecule has 3 aromatic rings. The number of methoxy groups -OCH3 is 1. The Balaban J connectivity index is 1.86. The SMILES string of the molecule is COC(=O)[C@H]1[C@@H](O)[C@@]2(O)c3ncc(Cl)cc3O[C@@]2(c2ccc(C#N)cc2)[C@@H]1c1ccccc1. The molecule has 8 heteroatoms. The number of nitrogens with zero attached hydrogens (tertiary/aromatic N) is 2. The van der Waals surface area contributed by atoms with Crippen LogP contribution in [-0.2, 0) is 20.7 Å². The van der Waals surface area contributed by atoms with Crippen molar-refractivity contribution < 1.29 is 24.5 Å². The molecule has 0 unspecified atom stereocenters. The number of carbonyl (C=O) groups is 1. The molecule has 1 aromatic heterocycles. The molecule has 0 amide bonds. The molecule has 1 aliphatic carbocycles. The maximum absolute atomic E-state index is 13.0. The van der Waals surface area contributed by atoms with E-state index < -0.39 is 35.1 Å². The Morgan fingerprint density at radius 2 is 1.91 bits per heavy atom. The number of aromatic nitrogens is 1. The second-order valence-corrected chi connectivity index (χ2v) is 8.61. The fourth-order valence-corrected chi connectivity index (χ4v) is 5.47. The van der Waals surface area contributed by atoms with Crippen molar-refractivity contribution in [2.24, 2.45) is 5.92 Å². The van der Waals surface area contributed by atoms with Gasteiger partial charge in [-0.15, -0.1) is 0 Å². The summed E-state index contributed by atoms with van der Waals surface area (Å²) in [6, 6.07) is 19.1. The van der Waals surface area contributed by atoms with Gasteiger partial charge in [0, 0.05) is 18.2 Å². The molecule has 1 aliphatic heterocycles. The van der Waals surface area contributed by atoms with Gasteiger partial charge in [-0.1, -0.05) is 54.1 Å². The van der Waals surface area contributed by atoms with Gasteiger partial charge in [-0.3, -0.25) is 9.78 Å². The number of ether oxygens (including phenoxy) is 2. The first-order valence-corrected chi connectivity index (χ1v) is 10.6. The van der Waals surface area contributed by atoms with Crippen molar-refractivity contribution >= 4 is 17.6 Å². The Hall–Kier alpha value is -3.44. The number of rotatable bonds is 3. The molecular formula is C25H19ClN2O5. The number of esters is 1. The van der Waals surface area contributed by atoms with Gasteiger partial charge in [0.15, 0.2) is 11.2 Å². The van der Waals surface area contributed by atoms with Crippen LogP contribution in [-0.4, -0.2) is 34.4 Å². The molecule has 2 aliphatic rings. The van der Waals surface area contributed by atoms with Crippen molar-refractivity contribution in [3.63, 3.8) is 0 Å². The van der Waals surface area contributed by atoms with E-state index in [1.54, 1.807) is 48.5 Å². The summed E-state index contributed by atoms with van der Waals surface area (Å²) in [5, 5.41) is 33.4. The van der Waals surface area contributed by atoms with Crippen LogP contribution in [0.4, 0.5) is 0 Å².